The summed E-state index contributed by atoms with van der Waals surface area (Å²) in [6.45, 7) is 2.11. The molecule has 3 aromatic rings. The summed E-state index contributed by atoms with van der Waals surface area (Å²) in [5.41, 5.74) is 2.83. The van der Waals surface area contributed by atoms with Gasteiger partial charge >= 0.3 is 0 Å². The van der Waals surface area contributed by atoms with Crippen LogP contribution in [0.1, 0.15) is 21.6 Å². The minimum Gasteiger partial charge on any atom is -0.508 e. The fourth-order valence-corrected chi connectivity index (χ4v) is 2.80. The highest BCUT2D eigenvalue weighted by molar-refractivity contribution is 6.45. The molecule has 5 nitrogen and oxygen atoms in total. The van der Waals surface area contributed by atoms with Crippen molar-refractivity contribution in [1.82, 2.24) is 10.3 Å². The summed E-state index contributed by atoms with van der Waals surface area (Å²) in [6, 6.07) is 14.2. The van der Waals surface area contributed by atoms with Crippen LogP contribution >= 0.6 is 0 Å². The monoisotopic (exact) mass is 322 g/mol. The van der Waals surface area contributed by atoms with Crippen molar-refractivity contribution in [2.24, 2.45) is 0 Å². The topological polar surface area (TPSA) is 82.2 Å². The molecule has 0 saturated heterocycles. The lowest BCUT2D eigenvalue weighted by atomic mass is 10.1. The maximum Gasteiger partial charge on any atom is 0.292 e. The molecule has 0 unspecified atom stereocenters. The van der Waals surface area contributed by atoms with Gasteiger partial charge in [0.1, 0.15) is 5.75 Å². The fraction of sp³-hybridized carbons (Fsp3) is 0.158. The van der Waals surface area contributed by atoms with Crippen molar-refractivity contribution in [3.8, 4) is 5.75 Å². The van der Waals surface area contributed by atoms with Crippen LogP contribution in [0.15, 0.2) is 48.5 Å². The molecule has 0 saturated carbocycles. The summed E-state index contributed by atoms with van der Waals surface area (Å²) < 4.78 is 0. The van der Waals surface area contributed by atoms with E-state index in [2.05, 4.69) is 10.3 Å². The van der Waals surface area contributed by atoms with E-state index < -0.39 is 11.7 Å². The molecule has 1 aromatic heterocycles. The summed E-state index contributed by atoms with van der Waals surface area (Å²) in [5, 5.41) is 12.8. The van der Waals surface area contributed by atoms with Gasteiger partial charge in [0.05, 0.1) is 5.56 Å². The molecule has 0 aliphatic carbocycles. The van der Waals surface area contributed by atoms with Crippen molar-refractivity contribution in [3.05, 3.63) is 65.4 Å². The molecule has 122 valence electrons. The number of Topliss-reactive ketones (excluding diaryl/α,β-unsaturated/α-hetero) is 1. The van der Waals surface area contributed by atoms with E-state index in [0.29, 0.717) is 24.2 Å². The van der Waals surface area contributed by atoms with E-state index >= 15 is 0 Å². The van der Waals surface area contributed by atoms with Gasteiger partial charge in [-0.2, -0.15) is 0 Å². The summed E-state index contributed by atoms with van der Waals surface area (Å²) in [7, 11) is 0. The number of aromatic amines is 1. The minimum absolute atomic E-state index is 0.185. The van der Waals surface area contributed by atoms with Crippen molar-refractivity contribution in [3.63, 3.8) is 0 Å². The number of fused-ring (bicyclic) bond motifs is 1. The summed E-state index contributed by atoms with van der Waals surface area (Å²) >= 11 is 0. The van der Waals surface area contributed by atoms with E-state index in [-0.39, 0.29) is 5.75 Å². The maximum absolute atomic E-state index is 12.5. The third-order valence-electron chi connectivity index (χ3n) is 3.94. The third kappa shape index (κ3) is 3.15. The van der Waals surface area contributed by atoms with Crippen molar-refractivity contribution in [2.75, 3.05) is 6.54 Å². The van der Waals surface area contributed by atoms with Gasteiger partial charge in [0.25, 0.3) is 11.7 Å². The Kier molecular flexibility index (Phi) is 4.33. The normalized spacial score (nSPS) is 10.7. The van der Waals surface area contributed by atoms with Gasteiger partial charge in [-0.3, -0.25) is 9.59 Å². The summed E-state index contributed by atoms with van der Waals surface area (Å²) in [6.07, 6.45) is 0.542. The largest absolute Gasteiger partial charge is 0.508 e. The molecule has 3 N–H and O–H groups in total. The first-order valence-corrected chi connectivity index (χ1v) is 7.74. The van der Waals surface area contributed by atoms with Crippen molar-refractivity contribution in [1.29, 1.82) is 0 Å². The Morgan fingerprint density at radius 3 is 2.71 bits per heavy atom. The zero-order valence-electron chi connectivity index (χ0n) is 13.3. The first-order valence-electron chi connectivity index (χ1n) is 7.74. The maximum atomic E-state index is 12.5. The molecule has 2 aromatic carbocycles. The van der Waals surface area contributed by atoms with Gasteiger partial charge in [0.15, 0.2) is 0 Å². The van der Waals surface area contributed by atoms with Crippen LogP contribution in [0.5, 0.6) is 5.75 Å². The number of carbonyl (C=O) groups is 2. The number of hydrogen-bond donors (Lipinski definition) is 3. The highest BCUT2D eigenvalue weighted by Gasteiger charge is 2.22. The van der Waals surface area contributed by atoms with E-state index in [1.54, 1.807) is 25.1 Å². The van der Waals surface area contributed by atoms with Crippen molar-refractivity contribution < 1.29 is 14.7 Å². The van der Waals surface area contributed by atoms with Crippen LogP contribution in [0.4, 0.5) is 0 Å². The Morgan fingerprint density at radius 2 is 1.92 bits per heavy atom. The summed E-state index contributed by atoms with van der Waals surface area (Å²) in [5.74, 6) is -0.979. The van der Waals surface area contributed by atoms with E-state index in [4.69, 9.17) is 0 Å². The van der Waals surface area contributed by atoms with Crippen LogP contribution in [-0.4, -0.2) is 28.3 Å². The van der Waals surface area contributed by atoms with Crippen LogP contribution in [0.25, 0.3) is 10.9 Å². The molecule has 0 atom stereocenters. The lowest BCUT2D eigenvalue weighted by Gasteiger charge is -2.05. The second-order valence-electron chi connectivity index (χ2n) is 5.68. The Labute approximate surface area is 139 Å². The third-order valence-corrected chi connectivity index (χ3v) is 3.94. The number of aryl methyl sites for hydroxylation is 1. The molecule has 0 radical (unpaired) electrons. The van der Waals surface area contributed by atoms with Crippen LogP contribution < -0.4 is 5.32 Å². The van der Waals surface area contributed by atoms with Gasteiger partial charge in [-0.15, -0.1) is 0 Å². The SMILES string of the molecule is Cc1[nH]c2ccccc2c1C(=O)C(=O)NCCc1cccc(O)c1. The predicted octanol–water partition coefficient (Wildman–Crippen LogP) is 2.72. The molecule has 1 heterocycles. The Hall–Kier alpha value is -3.08. The Bertz CT molecular complexity index is 912. The lowest BCUT2D eigenvalue weighted by Crippen LogP contribution is -2.32. The molecule has 24 heavy (non-hydrogen) atoms. The number of aromatic nitrogens is 1. The van der Waals surface area contributed by atoms with Gasteiger partial charge in [-0.05, 0) is 37.1 Å². The van der Waals surface area contributed by atoms with Crippen LogP contribution in [0, 0.1) is 6.92 Å². The van der Waals surface area contributed by atoms with E-state index in [1.165, 1.54) is 0 Å². The number of phenolic OH excluding ortho intramolecular Hbond substituents is 1. The Morgan fingerprint density at radius 1 is 1.12 bits per heavy atom. The number of aromatic hydroxyl groups is 1. The quantitative estimate of drug-likeness (QED) is 0.499. The first-order chi connectivity index (χ1) is 11.6. The van der Waals surface area contributed by atoms with Gasteiger partial charge < -0.3 is 15.4 Å². The van der Waals surface area contributed by atoms with Crippen LogP contribution in [0.3, 0.4) is 0 Å². The number of nitrogens with one attached hydrogen (secondary N) is 2. The first kappa shape index (κ1) is 15.8. The summed E-state index contributed by atoms with van der Waals surface area (Å²) in [4.78, 5) is 27.8. The van der Waals surface area contributed by atoms with Crippen molar-refractivity contribution >= 4 is 22.6 Å². The number of phenols is 1. The molecule has 1 amide bonds. The second-order valence-corrected chi connectivity index (χ2v) is 5.68. The van der Waals surface area contributed by atoms with E-state index in [0.717, 1.165) is 16.5 Å². The number of para-hydroxylation sites is 1. The lowest BCUT2D eigenvalue weighted by molar-refractivity contribution is -0.116. The molecule has 3 rings (SSSR count). The molecular weight excluding hydrogens is 304 g/mol. The zero-order chi connectivity index (χ0) is 17.1. The zero-order valence-corrected chi connectivity index (χ0v) is 13.3. The number of rotatable bonds is 5. The number of carbonyl (C=O) groups excluding carboxylic acids is 2. The van der Waals surface area contributed by atoms with Gasteiger partial charge in [-0.25, -0.2) is 0 Å². The van der Waals surface area contributed by atoms with Crippen LogP contribution in [-0.2, 0) is 11.2 Å². The van der Waals surface area contributed by atoms with Crippen molar-refractivity contribution in [2.45, 2.75) is 13.3 Å². The fourth-order valence-electron chi connectivity index (χ4n) is 2.80. The average molecular weight is 322 g/mol. The standard InChI is InChI=1S/C19H18N2O3/c1-12-17(15-7-2-3-8-16(15)21-12)18(23)19(24)20-10-9-13-5-4-6-14(22)11-13/h2-8,11,21-22H,9-10H2,1H3,(H,20,24). The number of hydrogen-bond acceptors (Lipinski definition) is 3. The minimum atomic E-state index is -0.622. The molecule has 0 fully saturated rings. The molecule has 5 heteroatoms. The highest BCUT2D eigenvalue weighted by atomic mass is 16.3. The van der Waals surface area contributed by atoms with Gasteiger partial charge in [0, 0.05) is 23.1 Å². The number of benzene rings is 2. The highest BCUT2D eigenvalue weighted by Crippen LogP contribution is 2.22. The van der Waals surface area contributed by atoms with E-state index in [9.17, 15) is 14.7 Å². The number of ketones is 1. The predicted molar refractivity (Wildman–Crippen MR) is 92.2 cm³/mol. The number of amides is 1. The smallest absolute Gasteiger partial charge is 0.292 e. The molecular formula is C19H18N2O3. The van der Waals surface area contributed by atoms with Gasteiger partial charge in [-0.1, -0.05) is 30.3 Å². The molecule has 0 spiro atoms. The average Bonchev–Trinajstić information content (AvgIpc) is 2.90. The second kappa shape index (κ2) is 6.58. The molecule has 0 bridgehead atoms. The van der Waals surface area contributed by atoms with Gasteiger partial charge in [0.2, 0.25) is 0 Å². The molecule has 0 aliphatic heterocycles. The van der Waals surface area contributed by atoms with E-state index in [1.807, 2.05) is 30.3 Å². The van der Waals surface area contributed by atoms with Crippen LogP contribution in [0.2, 0.25) is 0 Å². The Balaban J connectivity index is 1.68. The number of H-pyrrole nitrogens is 1. The molecule has 0 aliphatic rings.